The SMILES string of the molecule is O=C(O)C1CC2CCCCC2N1C(=O)C1Cc2ccccc2S1. The van der Waals surface area contributed by atoms with Crippen LogP contribution in [0.15, 0.2) is 29.2 Å². The predicted octanol–water partition coefficient (Wildman–Crippen LogP) is 2.95. The molecule has 4 nitrogen and oxygen atoms in total. The Balaban J connectivity index is 1.58. The van der Waals surface area contributed by atoms with Crippen LogP contribution in [0.2, 0.25) is 0 Å². The van der Waals surface area contributed by atoms with Crippen LogP contribution in [0.5, 0.6) is 0 Å². The van der Waals surface area contributed by atoms with Gasteiger partial charge < -0.3 is 10.0 Å². The highest BCUT2D eigenvalue weighted by Crippen LogP contribution is 2.43. The van der Waals surface area contributed by atoms with E-state index in [0.29, 0.717) is 12.3 Å². The smallest absolute Gasteiger partial charge is 0.326 e. The number of aliphatic carboxylic acids is 1. The third-order valence-corrected chi connectivity index (χ3v) is 6.86. The molecular weight excluding hydrogens is 310 g/mol. The maximum Gasteiger partial charge on any atom is 0.326 e. The zero-order valence-corrected chi connectivity index (χ0v) is 13.8. The summed E-state index contributed by atoms with van der Waals surface area (Å²) in [5.74, 6) is -0.427. The molecule has 0 aromatic heterocycles. The van der Waals surface area contributed by atoms with Crippen LogP contribution in [0.1, 0.15) is 37.7 Å². The number of carbonyl (C=O) groups is 2. The monoisotopic (exact) mass is 331 g/mol. The zero-order valence-electron chi connectivity index (χ0n) is 13.0. The van der Waals surface area contributed by atoms with E-state index in [-0.39, 0.29) is 17.2 Å². The largest absolute Gasteiger partial charge is 0.480 e. The molecule has 5 heteroatoms. The van der Waals surface area contributed by atoms with Gasteiger partial charge in [-0.1, -0.05) is 31.0 Å². The van der Waals surface area contributed by atoms with Gasteiger partial charge in [0.05, 0.1) is 5.25 Å². The van der Waals surface area contributed by atoms with Gasteiger partial charge in [0.1, 0.15) is 6.04 Å². The highest BCUT2D eigenvalue weighted by molar-refractivity contribution is 8.01. The number of thioether (sulfide) groups is 1. The van der Waals surface area contributed by atoms with Gasteiger partial charge in [-0.15, -0.1) is 11.8 Å². The second kappa shape index (κ2) is 5.86. The van der Waals surface area contributed by atoms with Crippen LogP contribution in [0, 0.1) is 5.92 Å². The molecule has 4 unspecified atom stereocenters. The van der Waals surface area contributed by atoms with Crippen LogP contribution in [0.25, 0.3) is 0 Å². The van der Waals surface area contributed by atoms with Gasteiger partial charge in [0.15, 0.2) is 0 Å². The number of hydrogen-bond acceptors (Lipinski definition) is 3. The topological polar surface area (TPSA) is 57.6 Å². The standard InChI is InChI=1S/C18H21NO3S/c20-17(16-10-12-6-2-4-8-15(12)23-16)19-13-7-3-1-5-11(13)9-14(19)18(21)22/h2,4,6,8,11,13-14,16H,1,3,5,7,9-10H2,(H,21,22). The van der Waals surface area contributed by atoms with Crippen molar-refractivity contribution in [3.63, 3.8) is 0 Å². The average molecular weight is 331 g/mol. The van der Waals surface area contributed by atoms with E-state index in [9.17, 15) is 14.7 Å². The maximum absolute atomic E-state index is 13.1. The Kier molecular flexibility index (Phi) is 3.84. The van der Waals surface area contributed by atoms with Gasteiger partial charge in [-0.05, 0) is 43.2 Å². The Morgan fingerprint density at radius 3 is 2.74 bits per heavy atom. The normalized spacial score (nSPS) is 32.4. The molecule has 2 aliphatic heterocycles. The molecule has 0 spiro atoms. The van der Waals surface area contributed by atoms with Crippen LogP contribution < -0.4 is 0 Å². The number of carbonyl (C=O) groups excluding carboxylic acids is 1. The minimum Gasteiger partial charge on any atom is -0.480 e. The molecule has 122 valence electrons. The third kappa shape index (κ3) is 2.55. The number of fused-ring (bicyclic) bond motifs is 2. The van der Waals surface area contributed by atoms with Crippen molar-refractivity contribution in [3.8, 4) is 0 Å². The lowest BCUT2D eigenvalue weighted by Crippen LogP contribution is -2.49. The molecule has 4 rings (SSSR count). The van der Waals surface area contributed by atoms with Gasteiger partial charge in [0.2, 0.25) is 5.91 Å². The second-order valence-corrected chi connectivity index (χ2v) is 8.11. The summed E-state index contributed by atoms with van der Waals surface area (Å²) in [5.41, 5.74) is 1.21. The van der Waals surface area contributed by atoms with Gasteiger partial charge in [-0.25, -0.2) is 4.79 Å². The summed E-state index contributed by atoms with van der Waals surface area (Å²) >= 11 is 1.60. The van der Waals surface area contributed by atoms with Crippen LogP contribution >= 0.6 is 11.8 Å². The number of carboxylic acids is 1. The Hall–Kier alpha value is -1.49. The number of hydrogen-bond donors (Lipinski definition) is 1. The molecule has 1 amide bonds. The summed E-state index contributed by atoms with van der Waals surface area (Å²) in [7, 11) is 0. The summed E-state index contributed by atoms with van der Waals surface area (Å²) in [6.07, 6.45) is 5.66. The summed E-state index contributed by atoms with van der Waals surface area (Å²) < 4.78 is 0. The van der Waals surface area contributed by atoms with Crippen molar-refractivity contribution < 1.29 is 14.7 Å². The average Bonchev–Trinajstić information content (AvgIpc) is 3.15. The van der Waals surface area contributed by atoms with E-state index in [1.165, 1.54) is 12.0 Å². The van der Waals surface area contributed by atoms with Crippen LogP contribution in [0.4, 0.5) is 0 Å². The third-order valence-electron chi connectivity index (χ3n) is 5.55. The number of carboxylic acid groups (broad SMARTS) is 1. The summed E-state index contributed by atoms with van der Waals surface area (Å²) in [6, 6.07) is 7.62. The highest BCUT2D eigenvalue weighted by atomic mass is 32.2. The lowest BCUT2D eigenvalue weighted by molar-refractivity contribution is -0.149. The predicted molar refractivity (Wildman–Crippen MR) is 88.4 cm³/mol. The fourth-order valence-electron chi connectivity index (χ4n) is 4.48. The first-order valence-corrected chi connectivity index (χ1v) is 9.32. The molecule has 0 bridgehead atoms. The maximum atomic E-state index is 13.1. The second-order valence-electron chi connectivity index (χ2n) is 6.87. The van der Waals surface area contributed by atoms with Crippen molar-refractivity contribution in [2.24, 2.45) is 5.92 Å². The van der Waals surface area contributed by atoms with E-state index in [2.05, 4.69) is 12.1 Å². The van der Waals surface area contributed by atoms with Crippen molar-refractivity contribution in [2.45, 2.75) is 60.8 Å². The summed E-state index contributed by atoms with van der Waals surface area (Å²) in [4.78, 5) is 27.7. The van der Waals surface area contributed by atoms with Gasteiger partial charge in [0, 0.05) is 10.9 Å². The van der Waals surface area contributed by atoms with E-state index in [1.54, 1.807) is 16.7 Å². The molecule has 2 heterocycles. The molecule has 4 atom stereocenters. The molecule has 1 saturated heterocycles. The van der Waals surface area contributed by atoms with E-state index in [4.69, 9.17) is 0 Å². The van der Waals surface area contributed by atoms with Crippen LogP contribution in [0.3, 0.4) is 0 Å². The molecule has 0 radical (unpaired) electrons. The lowest BCUT2D eigenvalue weighted by atomic mass is 9.84. The van der Waals surface area contributed by atoms with E-state index in [1.807, 2.05) is 12.1 Å². The molecule has 3 aliphatic rings. The first-order chi connectivity index (χ1) is 11.1. The number of amides is 1. The highest BCUT2D eigenvalue weighted by Gasteiger charge is 2.49. The van der Waals surface area contributed by atoms with Gasteiger partial charge in [-0.2, -0.15) is 0 Å². The van der Waals surface area contributed by atoms with E-state index in [0.717, 1.165) is 30.6 Å². The number of likely N-dealkylation sites (tertiary alicyclic amines) is 1. The Bertz CT molecular complexity index is 622. The molecule has 1 aromatic carbocycles. The van der Waals surface area contributed by atoms with Crippen molar-refractivity contribution in [1.29, 1.82) is 0 Å². The molecule has 2 fully saturated rings. The van der Waals surface area contributed by atoms with E-state index >= 15 is 0 Å². The Morgan fingerprint density at radius 2 is 1.96 bits per heavy atom. The zero-order chi connectivity index (χ0) is 16.0. The number of nitrogens with zero attached hydrogens (tertiary/aromatic N) is 1. The fraction of sp³-hybridized carbons (Fsp3) is 0.556. The van der Waals surface area contributed by atoms with Crippen molar-refractivity contribution in [2.75, 3.05) is 0 Å². The van der Waals surface area contributed by atoms with Crippen molar-refractivity contribution >= 4 is 23.6 Å². The lowest BCUT2D eigenvalue weighted by Gasteiger charge is -2.34. The molecule has 1 aromatic rings. The van der Waals surface area contributed by atoms with Crippen LogP contribution in [-0.4, -0.2) is 39.2 Å². The number of benzene rings is 1. The Labute approximate surface area is 140 Å². The van der Waals surface area contributed by atoms with Crippen molar-refractivity contribution in [3.05, 3.63) is 29.8 Å². The fourth-order valence-corrected chi connectivity index (χ4v) is 5.74. The van der Waals surface area contributed by atoms with E-state index < -0.39 is 12.0 Å². The summed E-state index contributed by atoms with van der Waals surface area (Å²) in [6.45, 7) is 0. The first-order valence-electron chi connectivity index (χ1n) is 8.44. The van der Waals surface area contributed by atoms with Gasteiger partial charge in [0.25, 0.3) is 0 Å². The minimum absolute atomic E-state index is 0.0352. The molecule has 23 heavy (non-hydrogen) atoms. The van der Waals surface area contributed by atoms with Crippen molar-refractivity contribution in [1.82, 2.24) is 4.90 Å². The summed E-state index contributed by atoms with van der Waals surface area (Å²) in [5, 5.41) is 9.44. The van der Waals surface area contributed by atoms with Gasteiger partial charge >= 0.3 is 5.97 Å². The molecule has 1 saturated carbocycles. The molecule has 1 aliphatic carbocycles. The van der Waals surface area contributed by atoms with Crippen LogP contribution in [-0.2, 0) is 16.0 Å². The first kappa shape index (κ1) is 15.1. The molecular formula is C18H21NO3S. The molecule has 1 N–H and O–H groups in total. The Morgan fingerprint density at radius 1 is 1.17 bits per heavy atom. The number of rotatable bonds is 2. The quantitative estimate of drug-likeness (QED) is 0.905. The van der Waals surface area contributed by atoms with Gasteiger partial charge in [-0.3, -0.25) is 4.79 Å². The minimum atomic E-state index is -0.840.